The fourth-order valence-corrected chi connectivity index (χ4v) is 3.83. The van der Waals surface area contributed by atoms with E-state index in [1.165, 1.54) is 11.1 Å². The average molecular weight is 384 g/mol. The lowest BCUT2D eigenvalue weighted by atomic mass is 10.1. The Hall–Kier alpha value is -2.22. The van der Waals surface area contributed by atoms with Gasteiger partial charge in [-0.1, -0.05) is 6.07 Å². The van der Waals surface area contributed by atoms with Crippen LogP contribution in [0.15, 0.2) is 24.4 Å². The fraction of sp³-hybridized carbons (Fsp3) is 0.524. The second-order valence-electron chi connectivity index (χ2n) is 7.29. The molecule has 7 nitrogen and oxygen atoms in total. The van der Waals surface area contributed by atoms with Gasteiger partial charge in [0, 0.05) is 63.6 Å². The first-order chi connectivity index (χ1) is 13.8. The predicted molar refractivity (Wildman–Crippen MR) is 107 cm³/mol. The van der Waals surface area contributed by atoms with Gasteiger partial charge in [0.25, 0.3) is 0 Å². The van der Waals surface area contributed by atoms with E-state index in [2.05, 4.69) is 26.9 Å². The molecule has 2 aliphatic heterocycles. The number of hydrogen-bond acceptors (Lipinski definition) is 7. The number of piperazine rings is 1. The van der Waals surface area contributed by atoms with Gasteiger partial charge in [-0.2, -0.15) is 0 Å². The molecular formula is C21H28N4O3. The molecule has 2 aliphatic rings. The molecule has 0 aliphatic carbocycles. The van der Waals surface area contributed by atoms with Crippen molar-refractivity contribution < 1.29 is 14.2 Å². The topological polar surface area (TPSA) is 60.0 Å². The van der Waals surface area contributed by atoms with Crippen molar-refractivity contribution in [3.05, 3.63) is 46.8 Å². The first kappa shape index (κ1) is 19.1. The van der Waals surface area contributed by atoms with Gasteiger partial charge in [-0.25, -0.2) is 9.97 Å². The highest BCUT2D eigenvalue weighted by atomic mass is 16.5. The molecule has 0 amide bonds. The van der Waals surface area contributed by atoms with Crippen molar-refractivity contribution in [2.75, 3.05) is 51.9 Å². The minimum absolute atomic E-state index is 0.617. The molecule has 2 aromatic rings. The molecule has 0 N–H and O–H groups in total. The summed E-state index contributed by atoms with van der Waals surface area (Å²) in [5.41, 5.74) is 4.63. The van der Waals surface area contributed by atoms with E-state index in [0.29, 0.717) is 13.2 Å². The molecule has 1 saturated heterocycles. The molecule has 4 rings (SSSR count). The van der Waals surface area contributed by atoms with E-state index >= 15 is 0 Å². The van der Waals surface area contributed by atoms with Crippen LogP contribution in [0.4, 0.5) is 5.95 Å². The minimum Gasteiger partial charge on any atom is -0.496 e. The molecule has 1 aromatic heterocycles. The molecule has 0 atom stereocenters. The summed E-state index contributed by atoms with van der Waals surface area (Å²) in [5.74, 6) is 1.78. The molecule has 0 spiro atoms. The Bertz CT molecular complexity index is 806. The first-order valence-electron chi connectivity index (χ1n) is 9.81. The van der Waals surface area contributed by atoms with Gasteiger partial charge >= 0.3 is 0 Å². The second kappa shape index (κ2) is 8.86. The first-order valence-corrected chi connectivity index (χ1v) is 9.81. The van der Waals surface area contributed by atoms with Crippen LogP contribution in [0.5, 0.6) is 5.75 Å². The fourth-order valence-electron chi connectivity index (χ4n) is 3.83. The molecule has 3 heterocycles. The Kier molecular flexibility index (Phi) is 6.04. The number of rotatable bonds is 6. The Morgan fingerprint density at radius 3 is 2.79 bits per heavy atom. The van der Waals surface area contributed by atoms with Gasteiger partial charge in [0.2, 0.25) is 5.95 Å². The Labute approximate surface area is 166 Å². The van der Waals surface area contributed by atoms with Crippen molar-refractivity contribution in [2.45, 2.75) is 26.2 Å². The van der Waals surface area contributed by atoms with Crippen molar-refractivity contribution in [3.8, 4) is 5.75 Å². The maximum absolute atomic E-state index is 5.56. The van der Waals surface area contributed by atoms with Crippen molar-refractivity contribution in [3.63, 3.8) is 0 Å². The standard InChI is InChI=1S/C21H28N4O3/c1-26-14-16-3-4-20(27-2)17(11-16)13-24-6-8-25(9-7-24)21-22-12-18-15-28-10-5-19(18)23-21/h3-4,11-12H,5-10,13-15H2,1-2H3. The Morgan fingerprint density at radius 1 is 1.14 bits per heavy atom. The number of benzene rings is 1. The molecule has 150 valence electrons. The van der Waals surface area contributed by atoms with Crippen molar-refractivity contribution in [1.82, 2.24) is 14.9 Å². The van der Waals surface area contributed by atoms with Crippen LogP contribution in [0.2, 0.25) is 0 Å². The molecule has 28 heavy (non-hydrogen) atoms. The highest BCUT2D eigenvalue weighted by Gasteiger charge is 2.22. The zero-order valence-corrected chi connectivity index (χ0v) is 16.7. The van der Waals surface area contributed by atoms with Gasteiger partial charge in [0.15, 0.2) is 0 Å². The van der Waals surface area contributed by atoms with E-state index in [-0.39, 0.29) is 0 Å². The Morgan fingerprint density at radius 2 is 2.00 bits per heavy atom. The van der Waals surface area contributed by atoms with Crippen molar-refractivity contribution in [1.29, 1.82) is 0 Å². The van der Waals surface area contributed by atoms with Gasteiger partial charge in [0.05, 0.1) is 32.6 Å². The third-order valence-corrected chi connectivity index (χ3v) is 5.39. The van der Waals surface area contributed by atoms with E-state index in [1.807, 2.05) is 12.3 Å². The monoisotopic (exact) mass is 384 g/mol. The summed E-state index contributed by atoms with van der Waals surface area (Å²) < 4.78 is 16.3. The number of aromatic nitrogens is 2. The zero-order valence-electron chi connectivity index (χ0n) is 16.7. The lowest BCUT2D eigenvalue weighted by molar-refractivity contribution is 0.109. The summed E-state index contributed by atoms with van der Waals surface area (Å²) >= 11 is 0. The zero-order chi connectivity index (χ0) is 19.3. The summed E-state index contributed by atoms with van der Waals surface area (Å²) in [6.45, 7) is 6.67. The summed E-state index contributed by atoms with van der Waals surface area (Å²) in [5, 5.41) is 0. The van der Waals surface area contributed by atoms with Gasteiger partial charge in [0.1, 0.15) is 5.75 Å². The number of anilines is 1. The summed E-state index contributed by atoms with van der Waals surface area (Å²) in [6.07, 6.45) is 2.80. The van der Waals surface area contributed by atoms with Crippen LogP contribution in [0, 0.1) is 0 Å². The number of ether oxygens (including phenoxy) is 3. The van der Waals surface area contributed by atoms with E-state index < -0.39 is 0 Å². The number of fused-ring (bicyclic) bond motifs is 1. The number of methoxy groups -OCH3 is 2. The minimum atomic E-state index is 0.617. The van der Waals surface area contributed by atoms with Crippen LogP contribution in [0.3, 0.4) is 0 Å². The predicted octanol–water partition coefficient (Wildman–Crippen LogP) is 2.03. The molecule has 0 radical (unpaired) electrons. The van der Waals surface area contributed by atoms with E-state index in [1.54, 1.807) is 14.2 Å². The van der Waals surface area contributed by atoms with Gasteiger partial charge in [-0.15, -0.1) is 0 Å². The summed E-state index contributed by atoms with van der Waals surface area (Å²) in [6, 6.07) is 6.27. The number of nitrogens with zero attached hydrogens (tertiary/aromatic N) is 4. The molecule has 7 heteroatoms. The van der Waals surface area contributed by atoms with Gasteiger partial charge < -0.3 is 19.1 Å². The normalized spacial score (nSPS) is 17.4. The van der Waals surface area contributed by atoms with Crippen LogP contribution in [0.25, 0.3) is 0 Å². The van der Waals surface area contributed by atoms with Crippen LogP contribution >= 0.6 is 0 Å². The third-order valence-electron chi connectivity index (χ3n) is 5.39. The van der Waals surface area contributed by atoms with Gasteiger partial charge in [-0.3, -0.25) is 4.90 Å². The SMILES string of the molecule is COCc1ccc(OC)c(CN2CCN(c3ncc4c(n3)CCOC4)CC2)c1. The second-order valence-corrected chi connectivity index (χ2v) is 7.29. The average Bonchev–Trinajstić information content (AvgIpc) is 2.74. The molecule has 1 fully saturated rings. The summed E-state index contributed by atoms with van der Waals surface area (Å²) in [7, 11) is 3.45. The molecular weight excluding hydrogens is 356 g/mol. The smallest absolute Gasteiger partial charge is 0.225 e. The van der Waals surface area contributed by atoms with Gasteiger partial charge in [-0.05, 0) is 17.7 Å². The highest BCUT2D eigenvalue weighted by molar-refractivity contribution is 5.38. The molecule has 0 unspecified atom stereocenters. The van der Waals surface area contributed by atoms with Crippen LogP contribution in [-0.2, 0) is 35.7 Å². The summed E-state index contributed by atoms with van der Waals surface area (Å²) in [4.78, 5) is 14.1. The van der Waals surface area contributed by atoms with E-state index in [4.69, 9.17) is 19.2 Å². The maximum Gasteiger partial charge on any atom is 0.225 e. The molecule has 1 aromatic carbocycles. The number of hydrogen-bond donors (Lipinski definition) is 0. The van der Waals surface area contributed by atoms with E-state index in [9.17, 15) is 0 Å². The molecule has 0 bridgehead atoms. The highest BCUT2D eigenvalue weighted by Crippen LogP contribution is 2.24. The molecule has 0 saturated carbocycles. The van der Waals surface area contributed by atoms with E-state index in [0.717, 1.165) is 68.7 Å². The van der Waals surface area contributed by atoms with Crippen LogP contribution in [-0.4, -0.2) is 61.9 Å². The lowest BCUT2D eigenvalue weighted by Gasteiger charge is -2.35. The largest absolute Gasteiger partial charge is 0.496 e. The quantitative estimate of drug-likeness (QED) is 0.755. The van der Waals surface area contributed by atoms with Crippen LogP contribution < -0.4 is 9.64 Å². The lowest BCUT2D eigenvalue weighted by Crippen LogP contribution is -2.46. The van der Waals surface area contributed by atoms with Crippen molar-refractivity contribution >= 4 is 5.95 Å². The Balaban J connectivity index is 1.39. The maximum atomic E-state index is 5.56. The van der Waals surface area contributed by atoms with Crippen molar-refractivity contribution in [2.24, 2.45) is 0 Å². The third kappa shape index (κ3) is 4.27. The van der Waals surface area contributed by atoms with Crippen LogP contribution in [0.1, 0.15) is 22.4 Å².